The Morgan fingerprint density at radius 2 is 1.97 bits per heavy atom. The van der Waals surface area contributed by atoms with Gasteiger partial charge in [0, 0.05) is 36.3 Å². The second kappa shape index (κ2) is 11.9. The molecule has 0 radical (unpaired) electrons. The maximum Gasteiger partial charge on any atom is 0.240 e. The van der Waals surface area contributed by atoms with Crippen LogP contribution in [0, 0.1) is 6.92 Å². The van der Waals surface area contributed by atoms with Crippen LogP contribution in [0.1, 0.15) is 54.8 Å². The molecule has 1 atom stereocenters. The quantitative estimate of drug-likeness (QED) is 0.374. The number of aromatic nitrogens is 2. The third-order valence-corrected chi connectivity index (χ3v) is 7.93. The van der Waals surface area contributed by atoms with Crippen LogP contribution in [0.25, 0.3) is 5.69 Å². The Hall–Kier alpha value is -2.81. The molecule has 3 aromatic rings. The molecule has 0 aliphatic carbocycles. The lowest BCUT2D eigenvalue weighted by Crippen LogP contribution is -2.42. The highest BCUT2D eigenvalue weighted by Gasteiger charge is 2.40. The summed E-state index contributed by atoms with van der Waals surface area (Å²) in [5, 5.41) is 8.52. The average molecular weight is 555 g/mol. The number of thioether (sulfide) groups is 1. The molecule has 0 saturated heterocycles. The first-order valence-corrected chi connectivity index (χ1v) is 14.2. The number of nitrogens with one attached hydrogen (secondary N) is 1. The summed E-state index contributed by atoms with van der Waals surface area (Å²) in [6, 6.07) is 15.7. The number of nitrogens with zero attached hydrogens (tertiary/aromatic N) is 3. The number of methoxy groups -OCH3 is 1. The molecule has 0 saturated carbocycles. The number of anilines is 1. The molecule has 2 aromatic carbocycles. The molecular weight excluding hydrogens is 520 g/mol. The fourth-order valence-corrected chi connectivity index (χ4v) is 6.01. The molecule has 0 unspecified atom stereocenters. The Balaban J connectivity index is 1.92. The minimum Gasteiger partial charge on any atom is -0.385 e. The number of rotatable bonds is 8. The van der Waals surface area contributed by atoms with E-state index in [2.05, 4.69) is 26.1 Å². The predicted molar refractivity (Wildman–Crippen MR) is 155 cm³/mol. The van der Waals surface area contributed by atoms with Crippen molar-refractivity contribution in [1.29, 1.82) is 0 Å². The van der Waals surface area contributed by atoms with Crippen LogP contribution < -0.4 is 10.2 Å². The van der Waals surface area contributed by atoms with E-state index >= 15 is 0 Å². The summed E-state index contributed by atoms with van der Waals surface area (Å²) < 4.78 is 6.94. The van der Waals surface area contributed by atoms with Crippen molar-refractivity contribution in [3.8, 4) is 5.69 Å². The van der Waals surface area contributed by atoms with Gasteiger partial charge in [0.1, 0.15) is 12.4 Å². The Bertz CT molecular complexity index is 1320. The van der Waals surface area contributed by atoms with Gasteiger partial charge < -0.3 is 10.1 Å². The van der Waals surface area contributed by atoms with E-state index in [0.717, 1.165) is 28.1 Å². The van der Waals surface area contributed by atoms with Gasteiger partial charge in [-0.2, -0.15) is 5.10 Å². The Labute approximate surface area is 233 Å². The van der Waals surface area contributed by atoms with Crippen LogP contribution >= 0.6 is 23.4 Å². The van der Waals surface area contributed by atoms with Crippen LogP contribution in [-0.2, 0) is 19.7 Å². The number of para-hydroxylation sites is 1. The number of hydrogen-bond acceptors (Lipinski definition) is 5. The molecule has 1 aliphatic rings. The van der Waals surface area contributed by atoms with Crippen LogP contribution in [0.3, 0.4) is 0 Å². The summed E-state index contributed by atoms with van der Waals surface area (Å²) in [5.74, 6) is 0.501. The van der Waals surface area contributed by atoms with E-state index in [9.17, 15) is 9.59 Å². The molecule has 1 aliphatic heterocycles. The summed E-state index contributed by atoms with van der Waals surface area (Å²) in [7, 11) is 1.63. The molecule has 202 valence electrons. The number of carbonyl (C=O) groups is 2. The summed E-state index contributed by atoms with van der Waals surface area (Å²) in [6.45, 7) is 9.33. The van der Waals surface area contributed by atoms with Gasteiger partial charge in [0.05, 0.1) is 22.4 Å². The van der Waals surface area contributed by atoms with Crippen molar-refractivity contribution in [3.63, 3.8) is 0 Å². The Kier molecular flexibility index (Phi) is 8.85. The van der Waals surface area contributed by atoms with Gasteiger partial charge in [0.25, 0.3) is 0 Å². The van der Waals surface area contributed by atoms with Crippen molar-refractivity contribution in [1.82, 2.24) is 15.1 Å². The monoisotopic (exact) mass is 554 g/mol. The second-order valence-corrected chi connectivity index (χ2v) is 12.0. The summed E-state index contributed by atoms with van der Waals surface area (Å²) in [6.07, 6.45) is 0.698. The Morgan fingerprint density at radius 1 is 1.21 bits per heavy atom. The molecule has 2 amide bonds. The highest BCUT2D eigenvalue weighted by atomic mass is 35.5. The van der Waals surface area contributed by atoms with Gasteiger partial charge in [0.15, 0.2) is 0 Å². The van der Waals surface area contributed by atoms with Gasteiger partial charge in [-0.05, 0) is 42.7 Å². The van der Waals surface area contributed by atoms with E-state index < -0.39 is 0 Å². The first kappa shape index (κ1) is 28.2. The molecule has 2 heterocycles. The van der Waals surface area contributed by atoms with Crippen molar-refractivity contribution < 1.29 is 14.3 Å². The average Bonchev–Trinajstić information content (AvgIpc) is 3.20. The molecule has 9 heteroatoms. The van der Waals surface area contributed by atoms with E-state index in [1.165, 1.54) is 0 Å². The van der Waals surface area contributed by atoms with Crippen LogP contribution in [0.2, 0.25) is 5.02 Å². The van der Waals surface area contributed by atoms with E-state index in [1.54, 1.807) is 23.8 Å². The van der Waals surface area contributed by atoms with Gasteiger partial charge >= 0.3 is 0 Å². The minimum absolute atomic E-state index is 0.0944. The van der Waals surface area contributed by atoms with Crippen LogP contribution in [-0.4, -0.2) is 54.2 Å². The smallest absolute Gasteiger partial charge is 0.240 e. The molecule has 0 fully saturated rings. The summed E-state index contributed by atoms with van der Waals surface area (Å²) in [5.41, 5.74) is 4.38. The fourth-order valence-electron chi connectivity index (χ4n) is 4.62. The third-order valence-electron chi connectivity index (χ3n) is 6.44. The molecule has 1 N–H and O–H groups in total. The topological polar surface area (TPSA) is 76.5 Å². The van der Waals surface area contributed by atoms with Crippen molar-refractivity contribution in [2.24, 2.45) is 0 Å². The molecular formula is C29H35ClN4O3S. The number of benzene rings is 2. The number of amides is 2. The van der Waals surface area contributed by atoms with Gasteiger partial charge in [-0.1, -0.05) is 62.7 Å². The molecule has 0 spiro atoms. The first-order valence-electron chi connectivity index (χ1n) is 12.7. The third kappa shape index (κ3) is 6.08. The van der Waals surface area contributed by atoms with Crippen LogP contribution in [0.15, 0.2) is 48.5 Å². The number of hydrogen-bond donors (Lipinski definition) is 1. The standard InChI is InChI=1S/C29H35ClN4O3S/c1-19-10-6-7-13-22(19)34-28-25(27(32-34)29(2,3)4)26(20-11-8-12-21(30)16-20)38-18-24(36)33(28)17-23(35)31-14-9-15-37-5/h6-8,10-13,16,26H,9,14-15,17-18H2,1-5H3,(H,31,35)/t26-/m0/s1. The van der Waals surface area contributed by atoms with Crippen LogP contribution in [0.5, 0.6) is 0 Å². The summed E-state index contributed by atoms with van der Waals surface area (Å²) in [4.78, 5) is 28.4. The molecule has 38 heavy (non-hydrogen) atoms. The summed E-state index contributed by atoms with van der Waals surface area (Å²) >= 11 is 7.95. The van der Waals surface area contributed by atoms with Gasteiger partial charge in [-0.3, -0.25) is 14.5 Å². The molecule has 0 bridgehead atoms. The predicted octanol–water partition coefficient (Wildman–Crippen LogP) is 5.45. The Morgan fingerprint density at radius 3 is 2.66 bits per heavy atom. The maximum absolute atomic E-state index is 13.7. The normalized spacial score (nSPS) is 15.8. The largest absolute Gasteiger partial charge is 0.385 e. The van der Waals surface area contributed by atoms with Crippen molar-refractivity contribution >= 4 is 41.0 Å². The van der Waals surface area contributed by atoms with E-state index in [0.29, 0.717) is 30.4 Å². The van der Waals surface area contributed by atoms with Crippen molar-refractivity contribution in [2.75, 3.05) is 37.5 Å². The van der Waals surface area contributed by atoms with E-state index in [4.69, 9.17) is 21.4 Å². The van der Waals surface area contributed by atoms with E-state index in [-0.39, 0.29) is 34.8 Å². The van der Waals surface area contributed by atoms with Crippen LogP contribution in [0.4, 0.5) is 5.82 Å². The zero-order valence-corrected chi connectivity index (χ0v) is 24.2. The number of halogens is 1. The number of fused-ring (bicyclic) bond motifs is 1. The lowest BCUT2D eigenvalue weighted by Gasteiger charge is -2.25. The number of aryl methyl sites for hydroxylation is 1. The van der Waals surface area contributed by atoms with Gasteiger partial charge in [-0.15, -0.1) is 11.8 Å². The first-order chi connectivity index (χ1) is 18.1. The molecule has 7 nitrogen and oxygen atoms in total. The van der Waals surface area contributed by atoms with Gasteiger partial charge in [-0.25, -0.2) is 4.68 Å². The zero-order chi connectivity index (χ0) is 27.4. The van der Waals surface area contributed by atoms with E-state index in [1.807, 2.05) is 60.1 Å². The molecule has 4 rings (SSSR count). The SMILES string of the molecule is COCCCNC(=O)CN1C(=O)CS[C@@H](c2cccc(Cl)c2)c2c(C(C)(C)C)nn(-c3ccccc3C)c21. The highest BCUT2D eigenvalue weighted by Crippen LogP contribution is 2.48. The van der Waals surface area contributed by atoms with Crippen molar-refractivity contribution in [3.05, 3.63) is 75.9 Å². The fraction of sp³-hybridized carbons (Fsp3) is 0.414. The van der Waals surface area contributed by atoms with Gasteiger partial charge in [0.2, 0.25) is 11.8 Å². The maximum atomic E-state index is 13.7. The lowest BCUT2D eigenvalue weighted by atomic mass is 9.87. The van der Waals surface area contributed by atoms with Crippen molar-refractivity contribution in [2.45, 2.75) is 44.8 Å². The minimum atomic E-state index is -0.323. The second-order valence-electron chi connectivity index (χ2n) is 10.5. The highest BCUT2D eigenvalue weighted by molar-refractivity contribution is 8.00. The lowest BCUT2D eigenvalue weighted by molar-refractivity contribution is -0.122. The number of ether oxygens (including phenoxy) is 1. The zero-order valence-electron chi connectivity index (χ0n) is 22.6. The number of carbonyl (C=O) groups excluding carboxylic acids is 2. The molecule has 1 aromatic heterocycles.